The molecule has 2 rings (SSSR count). The predicted octanol–water partition coefficient (Wildman–Crippen LogP) is 1.56. The van der Waals surface area contributed by atoms with E-state index in [1.54, 1.807) is 0 Å². The van der Waals surface area contributed by atoms with Crippen molar-refractivity contribution < 1.29 is 22.8 Å². The van der Waals surface area contributed by atoms with Gasteiger partial charge in [-0.05, 0) is 19.1 Å². The highest BCUT2D eigenvalue weighted by Crippen LogP contribution is 2.20. The number of carbonyl (C=O) groups is 2. The summed E-state index contributed by atoms with van der Waals surface area (Å²) < 4.78 is 39.2. The second-order valence-corrected chi connectivity index (χ2v) is 5.89. The molecule has 0 bridgehead atoms. The van der Waals surface area contributed by atoms with E-state index in [0.717, 1.165) is 23.9 Å². The lowest BCUT2D eigenvalue weighted by Gasteiger charge is -2.28. The lowest BCUT2D eigenvalue weighted by molar-refractivity contribution is -0.123. The van der Waals surface area contributed by atoms with Crippen LogP contribution in [0.3, 0.4) is 0 Å². The smallest absolute Gasteiger partial charge is 0.234 e. The van der Waals surface area contributed by atoms with Gasteiger partial charge in [0.1, 0.15) is 5.50 Å². The summed E-state index contributed by atoms with van der Waals surface area (Å²) in [5, 5.41) is 7.86. The first kappa shape index (κ1) is 16.6. The van der Waals surface area contributed by atoms with Gasteiger partial charge in [0.2, 0.25) is 11.8 Å². The van der Waals surface area contributed by atoms with Crippen LogP contribution in [-0.2, 0) is 9.59 Å². The molecule has 1 saturated heterocycles. The molecule has 0 radical (unpaired) electrons. The Hall–Kier alpha value is -1.74. The minimum atomic E-state index is -1.64. The SMILES string of the molecule is CC1CC(=O)NC(SCC(=O)Nc2ccc(F)c(F)c2F)N1. The molecule has 22 heavy (non-hydrogen) atoms. The van der Waals surface area contributed by atoms with Gasteiger partial charge in [-0.2, -0.15) is 0 Å². The molecule has 120 valence electrons. The zero-order chi connectivity index (χ0) is 16.3. The minimum absolute atomic E-state index is 0.0158. The molecule has 0 aliphatic carbocycles. The van der Waals surface area contributed by atoms with Crippen molar-refractivity contribution in [1.82, 2.24) is 10.6 Å². The Morgan fingerprint density at radius 1 is 1.36 bits per heavy atom. The molecule has 0 spiro atoms. The van der Waals surface area contributed by atoms with Crippen LogP contribution in [0.2, 0.25) is 0 Å². The maximum absolute atomic E-state index is 13.4. The second-order valence-electron chi connectivity index (χ2n) is 4.80. The van der Waals surface area contributed by atoms with Gasteiger partial charge in [0.05, 0.1) is 11.4 Å². The van der Waals surface area contributed by atoms with Gasteiger partial charge in [-0.3, -0.25) is 14.9 Å². The van der Waals surface area contributed by atoms with Crippen molar-refractivity contribution in [3.05, 3.63) is 29.6 Å². The van der Waals surface area contributed by atoms with Crippen LogP contribution in [0.25, 0.3) is 0 Å². The van der Waals surface area contributed by atoms with Crippen LogP contribution >= 0.6 is 11.8 Å². The lowest BCUT2D eigenvalue weighted by Crippen LogP contribution is -2.53. The fraction of sp³-hybridized carbons (Fsp3) is 0.385. The molecule has 1 aliphatic rings. The third-order valence-electron chi connectivity index (χ3n) is 2.91. The number of anilines is 1. The number of nitrogens with one attached hydrogen (secondary N) is 3. The van der Waals surface area contributed by atoms with Gasteiger partial charge in [-0.25, -0.2) is 13.2 Å². The maximum atomic E-state index is 13.4. The molecule has 1 heterocycles. The van der Waals surface area contributed by atoms with E-state index in [9.17, 15) is 22.8 Å². The molecule has 1 fully saturated rings. The normalized spacial score (nSPS) is 21.4. The molecule has 2 atom stereocenters. The van der Waals surface area contributed by atoms with Crippen molar-refractivity contribution in [3.63, 3.8) is 0 Å². The molecule has 9 heteroatoms. The zero-order valence-corrected chi connectivity index (χ0v) is 12.4. The van der Waals surface area contributed by atoms with E-state index < -0.39 is 34.5 Å². The van der Waals surface area contributed by atoms with Crippen LogP contribution in [0.4, 0.5) is 18.9 Å². The van der Waals surface area contributed by atoms with Crippen LogP contribution in [0.15, 0.2) is 12.1 Å². The zero-order valence-electron chi connectivity index (χ0n) is 11.6. The summed E-state index contributed by atoms with van der Waals surface area (Å²) in [5.74, 6) is -5.23. The standard InChI is InChI=1S/C13H14F3N3O2S/c1-6-4-9(20)19-13(17-6)22-5-10(21)18-8-3-2-7(14)11(15)12(8)16/h2-3,6,13,17H,4-5H2,1H3,(H,18,21)(H,19,20). The first-order valence-corrected chi connectivity index (χ1v) is 7.52. The highest BCUT2D eigenvalue weighted by atomic mass is 32.2. The summed E-state index contributed by atoms with van der Waals surface area (Å²) in [6.07, 6.45) is 0.351. The number of amides is 2. The highest BCUT2D eigenvalue weighted by molar-refractivity contribution is 8.00. The quantitative estimate of drug-likeness (QED) is 0.732. The molecule has 1 aliphatic heterocycles. The summed E-state index contributed by atoms with van der Waals surface area (Å²) in [7, 11) is 0. The molecule has 1 aromatic carbocycles. The third-order valence-corrected chi connectivity index (χ3v) is 3.93. The first-order chi connectivity index (χ1) is 10.4. The Morgan fingerprint density at radius 2 is 2.09 bits per heavy atom. The summed E-state index contributed by atoms with van der Waals surface area (Å²) in [6.45, 7) is 1.84. The van der Waals surface area contributed by atoms with Gasteiger partial charge < -0.3 is 10.6 Å². The highest BCUT2D eigenvalue weighted by Gasteiger charge is 2.23. The monoisotopic (exact) mass is 333 g/mol. The molecule has 0 saturated carbocycles. The summed E-state index contributed by atoms with van der Waals surface area (Å²) >= 11 is 1.10. The van der Waals surface area contributed by atoms with Crippen LogP contribution in [0.1, 0.15) is 13.3 Å². The van der Waals surface area contributed by atoms with Gasteiger partial charge in [-0.15, -0.1) is 11.8 Å². The van der Waals surface area contributed by atoms with Crippen molar-refractivity contribution in [2.24, 2.45) is 0 Å². The number of rotatable bonds is 4. The Balaban J connectivity index is 1.88. The number of hydrogen-bond acceptors (Lipinski definition) is 4. The molecule has 2 amide bonds. The third kappa shape index (κ3) is 4.14. The Morgan fingerprint density at radius 3 is 2.77 bits per heavy atom. The van der Waals surface area contributed by atoms with E-state index in [0.29, 0.717) is 6.42 Å². The summed E-state index contributed by atoms with van der Waals surface area (Å²) in [5.41, 5.74) is -0.865. The van der Waals surface area contributed by atoms with Crippen LogP contribution < -0.4 is 16.0 Å². The van der Waals surface area contributed by atoms with Crippen LogP contribution in [0, 0.1) is 17.5 Å². The molecular formula is C13H14F3N3O2S. The molecule has 0 aromatic heterocycles. The van der Waals surface area contributed by atoms with Crippen molar-refractivity contribution in [2.75, 3.05) is 11.1 Å². The molecule has 5 nitrogen and oxygen atoms in total. The van der Waals surface area contributed by atoms with Gasteiger partial charge in [0.25, 0.3) is 0 Å². The fourth-order valence-corrected chi connectivity index (χ4v) is 2.83. The average molecular weight is 333 g/mol. The van der Waals surface area contributed by atoms with E-state index in [1.165, 1.54) is 0 Å². The van der Waals surface area contributed by atoms with E-state index in [1.807, 2.05) is 6.92 Å². The van der Waals surface area contributed by atoms with Crippen molar-refractivity contribution in [3.8, 4) is 0 Å². The number of thioether (sulfide) groups is 1. The molecule has 2 unspecified atom stereocenters. The van der Waals surface area contributed by atoms with Crippen LogP contribution in [0.5, 0.6) is 0 Å². The van der Waals surface area contributed by atoms with E-state index >= 15 is 0 Å². The summed E-state index contributed by atoms with van der Waals surface area (Å²) in [4.78, 5) is 23.1. The largest absolute Gasteiger partial charge is 0.332 e. The molecular weight excluding hydrogens is 319 g/mol. The van der Waals surface area contributed by atoms with Crippen LogP contribution in [-0.4, -0.2) is 29.1 Å². The Kier molecular flexibility index (Phi) is 5.30. The van der Waals surface area contributed by atoms with Crippen molar-refractivity contribution in [2.45, 2.75) is 24.9 Å². The minimum Gasteiger partial charge on any atom is -0.332 e. The van der Waals surface area contributed by atoms with Gasteiger partial charge >= 0.3 is 0 Å². The van der Waals surface area contributed by atoms with Crippen molar-refractivity contribution in [1.29, 1.82) is 0 Å². The van der Waals surface area contributed by atoms with Crippen molar-refractivity contribution >= 4 is 29.3 Å². The number of carbonyl (C=O) groups excluding carboxylic acids is 2. The molecule has 1 aromatic rings. The number of hydrogen-bond donors (Lipinski definition) is 3. The lowest BCUT2D eigenvalue weighted by atomic mass is 10.2. The number of halogens is 3. The van der Waals surface area contributed by atoms with E-state index in [2.05, 4.69) is 16.0 Å². The summed E-state index contributed by atoms with van der Waals surface area (Å²) in [6, 6.07) is 1.66. The maximum Gasteiger partial charge on any atom is 0.234 e. The van der Waals surface area contributed by atoms with E-state index in [4.69, 9.17) is 0 Å². The Bertz CT molecular complexity index is 600. The van der Waals surface area contributed by atoms with Gasteiger partial charge in [0, 0.05) is 12.5 Å². The first-order valence-electron chi connectivity index (χ1n) is 6.47. The van der Waals surface area contributed by atoms with Gasteiger partial charge in [0.15, 0.2) is 17.5 Å². The van der Waals surface area contributed by atoms with Gasteiger partial charge in [-0.1, -0.05) is 0 Å². The second kappa shape index (κ2) is 7.01. The van der Waals surface area contributed by atoms with E-state index in [-0.39, 0.29) is 17.7 Å². The Labute approximate surface area is 129 Å². The fourth-order valence-electron chi connectivity index (χ4n) is 1.90. The number of benzene rings is 1. The topological polar surface area (TPSA) is 70.2 Å². The molecule has 3 N–H and O–H groups in total. The average Bonchev–Trinajstić information content (AvgIpc) is 2.45. The predicted molar refractivity (Wildman–Crippen MR) is 76.5 cm³/mol.